The fraction of sp³-hybridized carbons (Fsp3) is 0.154. The van der Waals surface area contributed by atoms with Gasteiger partial charge in [-0.2, -0.15) is 0 Å². The maximum Gasteiger partial charge on any atom is 0.0533 e. The Bertz CT molecular complexity index is 542. The average Bonchev–Trinajstić information content (AvgIpc) is 2.74. The fourth-order valence-electron chi connectivity index (χ4n) is 2.05. The third kappa shape index (κ3) is 1.53. The summed E-state index contributed by atoms with van der Waals surface area (Å²) in [4.78, 5) is 1.13. The van der Waals surface area contributed by atoms with Crippen LogP contribution in [0.4, 0.5) is 5.69 Å². The molecular weight excluding hydrogens is 216 g/mol. The first kappa shape index (κ1) is 9.60. The van der Waals surface area contributed by atoms with E-state index in [9.17, 15) is 0 Å². The Morgan fingerprint density at radius 2 is 2.00 bits per heavy atom. The lowest BCUT2D eigenvalue weighted by atomic mass is 10.0. The van der Waals surface area contributed by atoms with E-state index in [2.05, 4.69) is 28.9 Å². The van der Waals surface area contributed by atoms with Gasteiger partial charge >= 0.3 is 0 Å². The van der Waals surface area contributed by atoms with Crippen molar-refractivity contribution in [3.63, 3.8) is 0 Å². The summed E-state index contributed by atoms with van der Waals surface area (Å²) in [5.41, 5.74) is 4.35. The van der Waals surface area contributed by atoms with Crippen molar-refractivity contribution in [2.75, 3.05) is 5.32 Å². The third-order valence-electron chi connectivity index (χ3n) is 2.87. The standard InChI is InChI=1S/C13H12N2S/c14-11-7-9-3-1-2-4-12(9)15-8-10-5-6-16-13(10)11/h1-6,14-15H,7-8H2. The molecule has 2 aromatic rings. The Morgan fingerprint density at radius 1 is 1.12 bits per heavy atom. The van der Waals surface area contributed by atoms with E-state index in [1.807, 2.05) is 12.1 Å². The van der Waals surface area contributed by atoms with Gasteiger partial charge in [-0.05, 0) is 28.6 Å². The van der Waals surface area contributed by atoms with Crippen LogP contribution in [0.2, 0.25) is 0 Å². The van der Waals surface area contributed by atoms with Gasteiger partial charge in [0.25, 0.3) is 0 Å². The molecule has 0 spiro atoms. The van der Waals surface area contributed by atoms with Gasteiger partial charge in [0.15, 0.2) is 0 Å². The lowest BCUT2D eigenvalue weighted by Gasteiger charge is -2.16. The van der Waals surface area contributed by atoms with Crippen LogP contribution in [-0.2, 0) is 13.0 Å². The molecule has 0 aliphatic carbocycles. The zero-order chi connectivity index (χ0) is 11.0. The molecule has 80 valence electrons. The smallest absolute Gasteiger partial charge is 0.0533 e. The number of benzene rings is 1. The molecule has 1 aromatic carbocycles. The molecule has 2 heterocycles. The van der Waals surface area contributed by atoms with Crippen molar-refractivity contribution < 1.29 is 0 Å². The Balaban J connectivity index is 2.06. The highest BCUT2D eigenvalue weighted by atomic mass is 32.1. The maximum atomic E-state index is 8.14. The van der Waals surface area contributed by atoms with E-state index in [0.717, 1.165) is 29.2 Å². The molecule has 0 bridgehead atoms. The normalized spacial score (nSPS) is 14.4. The molecule has 0 amide bonds. The van der Waals surface area contributed by atoms with Crippen molar-refractivity contribution in [2.45, 2.75) is 13.0 Å². The number of rotatable bonds is 0. The second kappa shape index (κ2) is 3.76. The molecule has 2 N–H and O–H groups in total. The summed E-state index contributed by atoms with van der Waals surface area (Å²) in [6, 6.07) is 10.3. The predicted molar refractivity (Wildman–Crippen MR) is 68.6 cm³/mol. The van der Waals surface area contributed by atoms with E-state index >= 15 is 0 Å². The van der Waals surface area contributed by atoms with Crippen molar-refractivity contribution in [1.82, 2.24) is 0 Å². The van der Waals surface area contributed by atoms with Gasteiger partial charge in [-0.25, -0.2) is 0 Å². The van der Waals surface area contributed by atoms with Crippen molar-refractivity contribution in [2.24, 2.45) is 0 Å². The molecule has 16 heavy (non-hydrogen) atoms. The molecule has 1 aliphatic rings. The van der Waals surface area contributed by atoms with E-state index in [1.165, 1.54) is 11.1 Å². The van der Waals surface area contributed by atoms with E-state index < -0.39 is 0 Å². The van der Waals surface area contributed by atoms with E-state index in [4.69, 9.17) is 5.41 Å². The van der Waals surface area contributed by atoms with Crippen molar-refractivity contribution in [3.8, 4) is 0 Å². The van der Waals surface area contributed by atoms with Crippen LogP contribution < -0.4 is 5.32 Å². The topological polar surface area (TPSA) is 35.9 Å². The fourth-order valence-corrected chi connectivity index (χ4v) is 2.92. The number of para-hydroxylation sites is 1. The van der Waals surface area contributed by atoms with Gasteiger partial charge in [-0.15, -0.1) is 11.3 Å². The number of thiophene rings is 1. The molecule has 3 heteroatoms. The second-order valence-electron chi connectivity index (χ2n) is 3.94. The lowest BCUT2D eigenvalue weighted by Crippen LogP contribution is -2.13. The Hall–Kier alpha value is -1.61. The van der Waals surface area contributed by atoms with Gasteiger partial charge in [0.2, 0.25) is 0 Å². The summed E-state index contributed by atoms with van der Waals surface area (Å²) in [5, 5.41) is 13.6. The molecule has 3 rings (SSSR count). The highest BCUT2D eigenvalue weighted by molar-refractivity contribution is 7.12. The van der Waals surface area contributed by atoms with Crippen LogP contribution in [0.3, 0.4) is 0 Å². The van der Waals surface area contributed by atoms with Crippen LogP contribution in [0.25, 0.3) is 0 Å². The first-order valence-electron chi connectivity index (χ1n) is 5.30. The second-order valence-corrected chi connectivity index (χ2v) is 4.86. The zero-order valence-electron chi connectivity index (χ0n) is 8.79. The lowest BCUT2D eigenvalue weighted by molar-refractivity contribution is 1.11. The van der Waals surface area contributed by atoms with Crippen LogP contribution in [0, 0.1) is 5.41 Å². The first-order valence-corrected chi connectivity index (χ1v) is 6.18. The Labute approximate surface area is 98.5 Å². The number of nitrogens with one attached hydrogen (secondary N) is 2. The number of anilines is 1. The maximum absolute atomic E-state index is 8.14. The summed E-state index contributed by atoms with van der Waals surface area (Å²) in [6.07, 6.45) is 0.719. The zero-order valence-corrected chi connectivity index (χ0v) is 9.60. The quantitative estimate of drug-likeness (QED) is 0.713. The monoisotopic (exact) mass is 228 g/mol. The molecule has 2 nitrogen and oxygen atoms in total. The Morgan fingerprint density at radius 3 is 2.94 bits per heavy atom. The predicted octanol–water partition coefficient (Wildman–Crippen LogP) is 3.28. The minimum Gasteiger partial charge on any atom is -0.381 e. The first-order chi connectivity index (χ1) is 7.84. The highest BCUT2D eigenvalue weighted by Crippen LogP contribution is 2.26. The molecule has 0 saturated heterocycles. The number of hydrogen-bond acceptors (Lipinski definition) is 3. The third-order valence-corrected chi connectivity index (χ3v) is 3.89. The number of fused-ring (bicyclic) bond motifs is 2. The van der Waals surface area contributed by atoms with E-state index in [1.54, 1.807) is 11.3 Å². The van der Waals surface area contributed by atoms with Crippen LogP contribution in [0.15, 0.2) is 35.7 Å². The largest absolute Gasteiger partial charge is 0.381 e. The van der Waals surface area contributed by atoms with E-state index in [-0.39, 0.29) is 0 Å². The summed E-state index contributed by atoms with van der Waals surface area (Å²) in [7, 11) is 0. The van der Waals surface area contributed by atoms with Gasteiger partial charge in [-0.3, -0.25) is 0 Å². The van der Waals surface area contributed by atoms with E-state index in [0.29, 0.717) is 0 Å². The molecule has 1 aliphatic heterocycles. The summed E-state index contributed by atoms with van der Waals surface area (Å²) < 4.78 is 0. The van der Waals surface area contributed by atoms with Gasteiger partial charge in [-0.1, -0.05) is 18.2 Å². The average molecular weight is 228 g/mol. The van der Waals surface area contributed by atoms with Gasteiger partial charge < -0.3 is 10.7 Å². The van der Waals surface area contributed by atoms with Gasteiger partial charge in [0.05, 0.1) is 10.6 Å². The van der Waals surface area contributed by atoms with Crippen LogP contribution >= 0.6 is 11.3 Å². The SMILES string of the molecule is N=C1Cc2ccccc2NCc2ccsc21. The summed E-state index contributed by atoms with van der Waals surface area (Å²) in [6.45, 7) is 0.818. The summed E-state index contributed by atoms with van der Waals surface area (Å²) in [5.74, 6) is 0. The number of hydrogen-bond donors (Lipinski definition) is 2. The molecule has 0 atom stereocenters. The van der Waals surface area contributed by atoms with Crippen LogP contribution in [-0.4, -0.2) is 5.71 Å². The molecule has 0 unspecified atom stereocenters. The minimum absolute atomic E-state index is 0.719. The van der Waals surface area contributed by atoms with Gasteiger partial charge in [0, 0.05) is 18.7 Å². The minimum atomic E-state index is 0.719. The molecule has 0 radical (unpaired) electrons. The Kier molecular flexibility index (Phi) is 2.26. The van der Waals surface area contributed by atoms with Crippen molar-refractivity contribution >= 4 is 22.7 Å². The summed E-state index contributed by atoms with van der Waals surface area (Å²) >= 11 is 1.67. The highest BCUT2D eigenvalue weighted by Gasteiger charge is 2.15. The molecule has 0 saturated carbocycles. The molecule has 0 fully saturated rings. The van der Waals surface area contributed by atoms with Crippen molar-refractivity contribution in [3.05, 3.63) is 51.7 Å². The van der Waals surface area contributed by atoms with Crippen LogP contribution in [0.1, 0.15) is 16.0 Å². The van der Waals surface area contributed by atoms with Crippen LogP contribution in [0.5, 0.6) is 0 Å². The van der Waals surface area contributed by atoms with Crippen molar-refractivity contribution in [1.29, 1.82) is 5.41 Å². The van der Waals surface area contributed by atoms with Gasteiger partial charge in [0.1, 0.15) is 0 Å². The molecule has 1 aromatic heterocycles. The molecular formula is C13H12N2S.